The molecular weight excluding hydrogens is 398 g/mol. The van der Waals surface area contributed by atoms with Gasteiger partial charge in [0.1, 0.15) is 11.6 Å². The van der Waals surface area contributed by atoms with Gasteiger partial charge in [-0.25, -0.2) is 4.98 Å². The Hall–Kier alpha value is -2.39. The summed E-state index contributed by atoms with van der Waals surface area (Å²) in [6.07, 6.45) is 0.881. The number of benzene rings is 1. The Morgan fingerprint density at radius 2 is 2.00 bits per heavy atom. The number of hydrogen-bond donors (Lipinski definition) is 1. The predicted molar refractivity (Wildman–Crippen MR) is 124 cm³/mol. The molecule has 1 fully saturated rings. The van der Waals surface area contributed by atoms with Gasteiger partial charge in [0, 0.05) is 63.3 Å². The van der Waals surface area contributed by atoms with Crippen molar-refractivity contribution in [2.45, 2.75) is 19.4 Å². The van der Waals surface area contributed by atoms with Crippen molar-refractivity contribution in [1.82, 2.24) is 24.5 Å². The second kappa shape index (κ2) is 10.6. The first-order valence-corrected chi connectivity index (χ1v) is 11.2. The van der Waals surface area contributed by atoms with E-state index >= 15 is 0 Å². The Labute approximate surface area is 183 Å². The summed E-state index contributed by atoms with van der Waals surface area (Å²) < 4.78 is 9.99. The summed E-state index contributed by atoms with van der Waals surface area (Å²) in [7, 11) is 7.75. The highest BCUT2D eigenvalue weighted by Crippen LogP contribution is 2.27. The number of aryl methyl sites for hydroxylation is 1. The van der Waals surface area contributed by atoms with Crippen molar-refractivity contribution in [3.8, 4) is 5.75 Å². The molecule has 0 spiro atoms. The number of methoxy groups -OCH3 is 1. The molecule has 0 radical (unpaired) electrons. The lowest BCUT2D eigenvalue weighted by molar-refractivity contribution is 0.283. The number of piperazine rings is 1. The summed E-state index contributed by atoms with van der Waals surface area (Å²) in [6.45, 7) is 6.48. The van der Waals surface area contributed by atoms with Gasteiger partial charge in [-0.05, 0) is 20.2 Å². The largest absolute Gasteiger partial charge is 0.496 e. The molecule has 1 unspecified atom stereocenters. The smallest absolute Gasteiger partial charge is 0.205 e. The number of nitrogens with one attached hydrogen (secondary N) is 1. The highest BCUT2D eigenvalue weighted by Gasteiger charge is 2.24. The molecule has 0 bridgehead atoms. The molecule has 8 nitrogen and oxygen atoms in total. The lowest BCUT2D eigenvalue weighted by Crippen LogP contribution is -2.53. The van der Waals surface area contributed by atoms with Crippen LogP contribution >= 0.6 is 11.5 Å². The van der Waals surface area contributed by atoms with E-state index in [4.69, 9.17) is 4.74 Å². The number of nitrogens with zero attached hydrogens (tertiary/aromatic N) is 6. The first-order chi connectivity index (χ1) is 14.6. The first-order valence-electron chi connectivity index (χ1n) is 10.4. The maximum atomic E-state index is 5.58. The highest BCUT2D eigenvalue weighted by atomic mass is 32.1. The van der Waals surface area contributed by atoms with E-state index in [1.54, 1.807) is 7.11 Å². The van der Waals surface area contributed by atoms with E-state index in [2.05, 4.69) is 67.5 Å². The molecule has 2 heterocycles. The van der Waals surface area contributed by atoms with Gasteiger partial charge < -0.3 is 24.8 Å². The third-order valence-corrected chi connectivity index (χ3v) is 6.22. The fourth-order valence-electron chi connectivity index (χ4n) is 3.66. The summed E-state index contributed by atoms with van der Waals surface area (Å²) in [5.41, 5.74) is 1.17. The number of likely N-dealkylation sites (N-methyl/N-ethyl adjacent to an activating group) is 1. The van der Waals surface area contributed by atoms with Crippen LogP contribution in [0, 0.1) is 0 Å². The van der Waals surface area contributed by atoms with Gasteiger partial charge in [-0.15, -0.1) is 0 Å². The van der Waals surface area contributed by atoms with E-state index in [1.807, 2.05) is 19.2 Å². The quantitative estimate of drug-likeness (QED) is 0.532. The van der Waals surface area contributed by atoms with Crippen molar-refractivity contribution in [3.05, 3.63) is 35.7 Å². The Balaban J connectivity index is 1.60. The lowest BCUT2D eigenvalue weighted by atomic mass is 10.0. The number of aliphatic imine (C=N–C) groups is 1. The minimum atomic E-state index is 0.174. The number of ether oxygens (including phenoxy) is 1. The van der Waals surface area contributed by atoms with Crippen LogP contribution in [0.25, 0.3) is 0 Å². The Bertz CT molecular complexity index is 830. The number of para-hydroxylation sites is 1. The summed E-state index contributed by atoms with van der Waals surface area (Å²) in [6, 6.07) is 8.37. The fourth-order valence-corrected chi connectivity index (χ4v) is 4.46. The topological polar surface area (TPSA) is 69.1 Å². The fraction of sp³-hybridized carbons (Fsp3) is 0.571. The summed E-state index contributed by atoms with van der Waals surface area (Å²) in [5.74, 6) is 2.77. The Morgan fingerprint density at radius 1 is 1.27 bits per heavy atom. The SMILES string of the molecule is CCc1nsc(N2CCN(C(=NC)NCC(c3ccccc3OC)N(C)C)CC2)n1. The van der Waals surface area contributed by atoms with Crippen molar-refractivity contribution in [2.24, 2.45) is 4.99 Å². The molecule has 164 valence electrons. The van der Waals surface area contributed by atoms with Crippen LogP contribution in [0.3, 0.4) is 0 Å². The molecule has 0 aliphatic carbocycles. The van der Waals surface area contributed by atoms with Crippen LogP contribution in [0.2, 0.25) is 0 Å². The molecule has 2 aromatic rings. The van der Waals surface area contributed by atoms with Crippen LogP contribution in [0.4, 0.5) is 5.13 Å². The maximum Gasteiger partial charge on any atom is 0.205 e. The van der Waals surface area contributed by atoms with Crippen molar-refractivity contribution >= 4 is 22.6 Å². The number of anilines is 1. The normalized spacial score (nSPS) is 16.1. The van der Waals surface area contributed by atoms with Crippen LogP contribution in [-0.2, 0) is 6.42 Å². The zero-order valence-corrected chi connectivity index (χ0v) is 19.4. The van der Waals surface area contributed by atoms with Gasteiger partial charge >= 0.3 is 0 Å². The number of aromatic nitrogens is 2. The lowest BCUT2D eigenvalue weighted by Gasteiger charge is -2.37. The Kier molecular flexibility index (Phi) is 7.87. The van der Waals surface area contributed by atoms with Gasteiger partial charge in [0.25, 0.3) is 0 Å². The van der Waals surface area contributed by atoms with E-state index in [1.165, 1.54) is 17.1 Å². The van der Waals surface area contributed by atoms with Crippen molar-refractivity contribution in [3.63, 3.8) is 0 Å². The third kappa shape index (κ3) is 5.20. The van der Waals surface area contributed by atoms with Gasteiger partial charge in [-0.1, -0.05) is 25.1 Å². The monoisotopic (exact) mass is 431 g/mol. The molecular formula is C21H33N7OS. The second-order valence-corrected chi connectivity index (χ2v) is 8.20. The number of hydrogen-bond acceptors (Lipinski definition) is 7. The molecule has 0 amide bonds. The Morgan fingerprint density at radius 3 is 2.60 bits per heavy atom. The third-order valence-electron chi connectivity index (χ3n) is 5.41. The van der Waals surface area contributed by atoms with Crippen molar-refractivity contribution < 1.29 is 4.74 Å². The maximum absolute atomic E-state index is 5.58. The average molecular weight is 432 g/mol. The number of rotatable bonds is 7. The molecule has 1 aromatic carbocycles. The standard InChI is InChI=1S/C21H33N7OS/c1-6-19-24-21(30-25-19)28-13-11-27(12-14-28)20(22-2)23-15-17(26(3)4)16-9-7-8-10-18(16)29-5/h7-10,17H,6,11-15H2,1-5H3,(H,22,23). The highest BCUT2D eigenvalue weighted by molar-refractivity contribution is 7.09. The molecule has 9 heteroatoms. The van der Waals surface area contributed by atoms with Crippen LogP contribution in [-0.4, -0.2) is 86.1 Å². The molecule has 1 N–H and O–H groups in total. The molecule has 1 aliphatic rings. The van der Waals surface area contributed by atoms with Crippen molar-refractivity contribution in [2.75, 3.05) is 65.9 Å². The predicted octanol–water partition coefficient (Wildman–Crippen LogP) is 2.11. The van der Waals surface area contributed by atoms with Crippen LogP contribution < -0.4 is 15.0 Å². The first kappa shape index (κ1) is 22.3. The summed E-state index contributed by atoms with van der Waals surface area (Å²) >= 11 is 1.50. The summed E-state index contributed by atoms with van der Waals surface area (Å²) in [5, 5.41) is 4.60. The molecule has 3 rings (SSSR count). The molecule has 1 saturated heterocycles. The molecule has 30 heavy (non-hydrogen) atoms. The van der Waals surface area contributed by atoms with E-state index in [0.29, 0.717) is 0 Å². The minimum absolute atomic E-state index is 0.174. The molecule has 1 aromatic heterocycles. The molecule has 1 aliphatic heterocycles. The van der Waals surface area contributed by atoms with Crippen LogP contribution in [0.15, 0.2) is 29.3 Å². The van der Waals surface area contributed by atoms with Crippen molar-refractivity contribution in [1.29, 1.82) is 0 Å². The summed E-state index contributed by atoms with van der Waals surface area (Å²) in [4.78, 5) is 16.0. The zero-order valence-electron chi connectivity index (χ0n) is 18.6. The van der Waals surface area contributed by atoms with Gasteiger partial charge in [0.05, 0.1) is 13.2 Å². The van der Waals surface area contributed by atoms with Crippen LogP contribution in [0.5, 0.6) is 5.75 Å². The second-order valence-electron chi connectivity index (χ2n) is 7.47. The van der Waals surface area contributed by atoms with E-state index in [0.717, 1.165) is 61.8 Å². The minimum Gasteiger partial charge on any atom is -0.496 e. The van der Waals surface area contributed by atoms with Crippen LogP contribution in [0.1, 0.15) is 24.4 Å². The van der Waals surface area contributed by atoms with Gasteiger partial charge in [-0.3, -0.25) is 4.99 Å². The van der Waals surface area contributed by atoms with Gasteiger partial charge in [0.15, 0.2) is 5.96 Å². The number of guanidine groups is 1. The van der Waals surface area contributed by atoms with E-state index < -0.39 is 0 Å². The van der Waals surface area contributed by atoms with Gasteiger partial charge in [-0.2, -0.15) is 4.37 Å². The van der Waals surface area contributed by atoms with E-state index in [9.17, 15) is 0 Å². The average Bonchev–Trinajstić information content (AvgIpc) is 3.26. The van der Waals surface area contributed by atoms with Gasteiger partial charge in [0.2, 0.25) is 5.13 Å². The van der Waals surface area contributed by atoms with E-state index in [-0.39, 0.29) is 6.04 Å². The molecule has 1 atom stereocenters. The molecule has 0 saturated carbocycles. The zero-order chi connectivity index (χ0) is 21.5.